The molecule has 6 nitrogen and oxygen atoms in total. The first-order valence-corrected chi connectivity index (χ1v) is 12.9. The van der Waals surface area contributed by atoms with Crippen LogP contribution in [-0.2, 0) is 29.0 Å². The molecule has 1 saturated carbocycles. The first-order chi connectivity index (χ1) is 18.1. The molecule has 6 heteroatoms. The number of ether oxygens (including phenoxy) is 1. The van der Waals surface area contributed by atoms with Crippen molar-refractivity contribution >= 4 is 22.7 Å². The number of H-pyrrole nitrogens is 1. The molecule has 5 rings (SSSR count). The van der Waals surface area contributed by atoms with Crippen molar-refractivity contribution in [3.8, 4) is 5.75 Å². The van der Waals surface area contributed by atoms with Crippen molar-refractivity contribution in [2.45, 2.75) is 38.3 Å². The van der Waals surface area contributed by atoms with Crippen molar-refractivity contribution in [2.24, 2.45) is 0 Å². The van der Waals surface area contributed by atoms with E-state index in [4.69, 9.17) is 4.74 Å². The summed E-state index contributed by atoms with van der Waals surface area (Å²) in [5.74, 6) is 0.777. The van der Waals surface area contributed by atoms with Crippen LogP contribution in [0, 0.1) is 0 Å². The maximum absolute atomic E-state index is 13.7. The number of carbonyl (C=O) groups is 2. The molecule has 0 unspecified atom stereocenters. The van der Waals surface area contributed by atoms with Gasteiger partial charge in [-0.25, -0.2) is 0 Å². The van der Waals surface area contributed by atoms with Crippen molar-refractivity contribution in [3.63, 3.8) is 0 Å². The van der Waals surface area contributed by atoms with Crippen molar-refractivity contribution in [1.29, 1.82) is 0 Å². The van der Waals surface area contributed by atoms with E-state index >= 15 is 0 Å². The van der Waals surface area contributed by atoms with Gasteiger partial charge in [-0.1, -0.05) is 60.7 Å². The number of nitrogens with one attached hydrogen (secondary N) is 1. The Kier molecular flexibility index (Phi) is 7.54. The number of amides is 2. The molecule has 37 heavy (non-hydrogen) atoms. The number of rotatable bonds is 11. The summed E-state index contributed by atoms with van der Waals surface area (Å²) in [6.45, 7) is 1.16. The van der Waals surface area contributed by atoms with Crippen LogP contribution in [-0.4, -0.2) is 52.8 Å². The molecule has 1 aromatic heterocycles. The van der Waals surface area contributed by atoms with Gasteiger partial charge in [0.2, 0.25) is 11.8 Å². The molecular formula is C31H33N3O3. The zero-order chi connectivity index (χ0) is 25.6. The van der Waals surface area contributed by atoms with E-state index in [1.165, 1.54) is 10.9 Å². The lowest BCUT2D eigenvalue weighted by Gasteiger charge is -2.28. The van der Waals surface area contributed by atoms with Crippen LogP contribution in [0.4, 0.5) is 0 Å². The molecule has 0 saturated heterocycles. The summed E-state index contributed by atoms with van der Waals surface area (Å²) in [6.07, 6.45) is 5.00. The number of benzene rings is 3. The molecule has 1 N–H and O–H groups in total. The van der Waals surface area contributed by atoms with E-state index < -0.39 is 0 Å². The largest absolute Gasteiger partial charge is 0.497 e. The Morgan fingerprint density at radius 3 is 2.35 bits per heavy atom. The molecule has 0 radical (unpaired) electrons. The Balaban J connectivity index is 1.32. The van der Waals surface area contributed by atoms with Crippen LogP contribution < -0.4 is 4.74 Å². The van der Waals surface area contributed by atoms with Gasteiger partial charge in [0.05, 0.1) is 13.5 Å². The highest BCUT2D eigenvalue weighted by atomic mass is 16.5. The number of hydrogen-bond donors (Lipinski definition) is 1. The second kappa shape index (κ2) is 11.3. The Hall–Kier alpha value is -4.06. The molecule has 1 aliphatic rings. The van der Waals surface area contributed by atoms with Crippen LogP contribution in [0.25, 0.3) is 10.9 Å². The Morgan fingerprint density at radius 1 is 0.892 bits per heavy atom. The monoisotopic (exact) mass is 495 g/mol. The first kappa shape index (κ1) is 24.6. The summed E-state index contributed by atoms with van der Waals surface area (Å²) in [5.41, 5.74) is 4.28. The fourth-order valence-corrected chi connectivity index (χ4v) is 4.76. The smallest absolute Gasteiger partial charge is 0.242 e. The summed E-state index contributed by atoms with van der Waals surface area (Å²) in [6, 6.07) is 25.9. The van der Waals surface area contributed by atoms with Crippen molar-refractivity contribution < 1.29 is 14.3 Å². The van der Waals surface area contributed by atoms with Crippen molar-refractivity contribution in [3.05, 3.63) is 102 Å². The number of nitrogens with zero attached hydrogens (tertiary/aromatic N) is 2. The molecule has 0 atom stereocenters. The average Bonchev–Trinajstić information content (AvgIpc) is 3.69. The predicted octanol–water partition coefficient (Wildman–Crippen LogP) is 4.98. The number of carbonyl (C=O) groups excluding carboxylic acids is 2. The quantitative estimate of drug-likeness (QED) is 0.319. The minimum atomic E-state index is -0.0241. The predicted molar refractivity (Wildman–Crippen MR) is 145 cm³/mol. The minimum absolute atomic E-state index is 0.0167. The van der Waals surface area contributed by atoms with Gasteiger partial charge in [-0.05, 0) is 54.2 Å². The Labute approximate surface area is 217 Å². The van der Waals surface area contributed by atoms with Crippen molar-refractivity contribution in [1.82, 2.24) is 14.8 Å². The summed E-state index contributed by atoms with van der Waals surface area (Å²) in [7, 11) is 1.64. The average molecular weight is 496 g/mol. The molecule has 190 valence electrons. The van der Waals surface area contributed by atoms with E-state index in [9.17, 15) is 9.59 Å². The Bertz CT molecular complexity index is 1340. The number of aromatic amines is 1. The molecule has 1 fully saturated rings. The summed E-state index contributed by atoms with van der Waals surface area (Å²) >= 11 is 0. The van der Waals surface area contributed by atoms with Gasteiger partial charge in [0, 0.05) is 36.2 Å². The molecule has 1 heterocycles. The van der Waals surface area contributed by atoms with E-state index in [-0.39, 0.29) is 24.4 Å². The first-order valence-electron chi connectivity index (χ1n) is 12.9. The standard InChI is InChI=1S/C31H33N3O3/c1-37-27-15-11-24(12-16-27)21-33(18-17-25-20-32-29-10-6-5-9-28(25)29)31(36)22-34(26-13-14-26)30(35)19-23-7-3-2-4-8-23/h2-12,15-16,20,26,32H,13-14,17-19,21-22H2,1H3. The van der Waals surface area contributed by atoms with Crippen LogP contribution in [0.15, 0.2) is 85.1 Å². The normalized spacial score (nSPS) is 12.9. The van der Waals surface area contributed by atoms with Gasteiger partial charge in [-0.2, -0.15) is 0 Å². The number of para-hydroxylation sites is 1. The van der Waals surface area contributed by atoms with E-state index in [1.54, 1.807) is 12.0 Å². The fourth-order valence-electron chi connectivity index (χ4n) is 4.76. The minimum Gasteiger partial charge on any atom is -0.497 e. The van der Waals surface area contributed by atoms with Crippen LogP contribution >= 0.6 is 0 Å². The van der Waals surface area contributed by atoms with Gasteiger partial charge in [0.25, 0.3) is 0 Å². The van der Waals surface area contributed by atoms with Gasteiger partial charge in [0.1, 0.15) is 12.3 Å². The lowest BCUT2D eigenvalue weighted by Crippen LogP contribution is -2.44. The highest BCUT2D eigenvalue weighted by Crippen LogP contribution is 2.28. The molecule has 0 spiro atoms. The number of fused-ring (bicyclic) bond motifs is 1. The van der Waals surface area contributed by atoms with Crippen LogP contribution in [0.3, 0.4) is 0 Å². The van der Waals surface area contributed by atoms with E-state index in [0.717, 1.165) is 41.7 Å². The zero-order valence-electron chi connectivity index (χ0n) is 21.2. The maximum atomic E-state index is 13.7. The lowest BCUT2D eigenvalue weighted by atomic mass is 10.1. The summed E-state index contributed by atoms with van der Waals surface area (Å²) in [5, 5.41) is 1.18. The Morgan fingerprint density at radius 2 is 1.62 bits per heavy atom. The summed E-state index contributed by atoms with van der Waals surface area (Å²) in [4.78, 5) is 33.9. The third-order valence-corrected chi connectivity index (χ3v) is 7.02. The van der Waals surface area contributed by atoms with Gasteiger partial charge in [-0.15, -0.1) is 0 Å². The number of hydrogen-bond acceptors (Lipinski definition) is 3. The van der Waals surface area contributed by atoms with E-state index in [2.05, 4.69) is 17.1 Å². The molecular weight excluding hydrogens is 462 g/mol. The topological polar surface area (TPSA) is 65.6 Å². The van der Waals surface area contributed by atoms with Gasteiger partial charge in [0.15, 0.2) is 0 Å². The highest BCUT2D eigenvalue weighted by Gasteiger charge is 2.34. The van der Waals surface area contributed by atoms with Crippen LogP contribution in [0.2, 0.25) is 0 Å². The van der Waals surface area contributed by atoms with E-state index in [0.29, 0.717) is 19.5 Å². The van der Waals surface area contributed by atoms with Gasteiger partial charge in [-0.3, -0.25) is 9.59 Å². The third-order valence-electron chi connectivity index (χ3n) is 7.02. The van der Waals surface area contributed by atoms with Crippen LogP contribution in [0.1, 0.15) is 29.5 Å². The molecule has 4 aromatic rings. The highest BCUT2D eigenvalue weighted by molar-refractivity contribution is 5.87. The second-order valence-corrected chi connectivity index (χ2v) is 9.69. The third kappa shape index (κ3) is 6.20. The van der Waals surface area contributed by atoms with Gasteiger partial charge >= 0.3 is 0 Å². The van der Waals surface area contributed by atoms with Crippen LogP contribution in [0.5, 0.6) is 5.75 Å². The number of methoxy groups -OCH3 is 1. The second-order valence-electron chi connectivity index (χ2n) is 9.69. The van der Waals surface area contributed by atoms with Gasteiger partial charge < -0.3 is 19.5 Å². The molecule has 2 amide bonds. The maximum Gasteiger partial charge on any atom is 0.242 e. The van der Waals surface area contributed by atoms with Crippen molar-refractivity contribution in [2.75, 3.05) is 20.2 Å². The molecule has 1 aliphatic carbocycles. The van der Waals surface area contributed by atoms with E-state index in [1.807, 2.05) is 77.8 Å². The fraction of sp³-hybridized carbons (Fsp3) is 0.290. The molecule has 0 bridgehead atoms. The molecule has 3 aromatic carbocycles. The number of aromatic nitrogens is 1. The SMILES string of the molecule is COc1ccc(CN(CCc2c[nH]c3ccccc23)C(=O)CN(C(=O)Cc2ccccc2)C2CC2)cc1. The lowest BCUT2D eigenvalue weighted by molar-refractivity contribution is -0.141. The molecule has 0 aliphatic heterocycles. The summed E-state index contributed by atoms with van der Waals surface area (Å²) < 4.78 is 5.29. The zero-order valence-corrected chi connectivity index (χ0v) is 21.2.